The molecule has 2 N–H and O–H groups in total. The average molecular weight is 489 g/mol. The summed E-state index contributed by atoms with van der Waals surface area (Å²) in [5.41, 5.74) is 2.39. The molecule has 1 aromatic carbocycles. The van der Waals surface area contributed by atoms with E-state index < -0.39 is 0 Å². The summed E-state index contributed by atoms with van der Waals surface area (Å²) in [7, 11) is 0. The monoisotopic (exact) mass is 489 g/mol. The first-order valence-corrected chi connectivity index (χ1v) is 10.1. The Bertz CT molecular complexity index is 534. The van der Waals surface area contributed by atoms with Crippen molar-refractivity contribution < 1.29 is 9.47 Å². The number of rotatable bonds is 10. The first-order valence-electron chi connectivity index (χ1n) is 10.1. The van der Waals surface area contributed by atoms with E-state index in [4.69, 9.17) is 14.5 Å². The lowest BCUT2D eigenvalue weighted by Gasteiger charge is -2.24. The summed E-state index contributed by atoms with van der Waals surface area (Å²) in [5.74, 6) is 0.928. The van der Waals surface area contributed by atoms with Crippen LogP contribution >= 0.6 is 24.0 Å². The molecule has 2 rings (SSSR count). The third-order valence-corrected chi connectivity index (χ3v) is 4.55. The van der Waals surface area contributed by atoms with Crippen molar-refractivity contribution >= 4 is 29.9 Å². The second-order valence-electron chi connectivity index (χ2n) is 6.74. The fourth-order valence-electron chi connectivity index (χ4n) is 3.20. The maximum absolute atomic E-state index is 5.66. The first-order chi connectivity index (χ1) is 12.8. The van der Waals surface area contributed by atoms with Crippen LogP contribution in [0.25, 0.3) is 0 Å². The van der Waals surface area contributed by atoms with Crippen LogP contribution in [0.4, 0.5) is 0 Å². The lowest BCUT2D eigenvalue weighted by Crippen LogP contribution is -2.44. The second kappa shape index (κ2) is 15.1. The van der Waals surface area contributed by atoms with Crippen molar-refractivity contribution in [3.63, 3.8) is 0 Å². The van der Waals surface area contributed by atoms with Crippen LogP contribution in [-0.4, -0.2) is 38.4 Å². The molecule has 1 fully saturated rings. The average Bonchev–Trinajstić information content (AvgIpc) is 2.67. The highest BCUT2D eigenvalue weighted by molar-refractivity contribution is 14.0. The maximum Gasteiger partial charge on any atom is 0.191 e. The maximum atomic E-state index is 5.66. The summed E-state index contributed by atoms with van der Waals surface area (Å²) in [6, 6.07) is 9.03. The third kappa shape index (κ3) is 10.3. The summed E-state index contributed by atoms with van der Waals surface area (Å²) in [6.07, 6.45) is 6.51. The van der Waals surface area contributed by atoms with Crippen LogP contribution in [0.5, 0.6) is 0 Å². The summed E-state index contributed by atoms with van der Waals surface area (Å²) >= 11 is 0. The normalized spacial score (nSPS) is 15.3. The molecule has 27 heavy (non-hydrogen) atoms. The van der Waals surface area contributed by atoms with Gasteiger partial charge in [0.15, 0.2) is 5.96 Å². The van der Waals surface area contributed by atoms with Crippen molar-refractivity contribution in [1.29, 1.82) is 0 Å². The van der Waals surface area contributed by atoms with Crippen molar-refractivity contribution in [2.75, 3.05) is 26.4 Å². The van der Waals surface area contributed by atoms with Gasteiger partial charge in [-0.3, -0.25) is 0 Å². The van der Waals surface area contributed by atoms with Crippen molar-refractivity contribution in [1.82, 2.24) is 10.6 Å². The zero-order chi connectivity index (χ0) is 18.5. The molecule has 154 valence electrons. The van der Waals surface area contributed by atoms with Gasteiger partial charge in [-0.2, -0.15) is 0 Å². The molecule has 5 nitrogen and oxygen atoms in total. The molecule has 0 amide bonds. The molecule has 0 aromatic heterocycles. The third-order valence-electron chi connectivity index (χ3n) is 4.55. The number of benzene rings is 1. The van der Waals surface area contributed by atoms with E-state index in [2.05, 4.69) is 41.8 Å². The number of halogens is 1. The van der Waals surface area contributed by atoms with E-state index in [0.29, 0.717) is 32.4 Å². The lowest BCUT2D eigenvalue weighted by atomic mass is 9.96. The van der Waals surface area contributed by atoms with Gasteiger partial charge in [-0.05, 0) is 37.8 Å². The van der Waals surface area contributed by atoms with Gasteiger partial charge in [0.05, 0.1) is 26.4 Å². The van der Waals surface area contributed by atoms with Crippen LogP contribution in [0.1, 0.15) is 57.1 Å². The molecule has 0 heterocycles. The standard InChI is InChI=1S/C21H35N3O2.HI/c1-3-22-21(24-20-11-6-5-7-12-20)23-16-18-9-8-10-19(15-18)17-26-14-13-25-4-2;/h8-10,15,20H,3-7,11-14,16-17H2,1-2H3,(H2,22,23,24);1H. The Kier molecular flexibility index (Phi) is 13.5. The number of nitrogens with one attached hydrogen (secondary N) is 2. The van der Waals surface area contributed by atoms with Gasteiger partial charge in [0.2, 0.25) is 0 Å². The zero-order valence-corrected chi connectivity index (χ0v) is 19.2. The van der Waals surface area contributed by atoms with E-state index >= 15 is 0 Å². The molecule has 0 atom stereocenters. The minimum Gasteiger partial charge on any atom is -0.379 e. The van der Waals surface area contributed by atoms with Gasteiger partial charge in [-0.1, -0.05) is 43.5 Å². The van der Waals surface area contributed by atoms with Gasteiger partial charge in [-0.15, -0.1) is 24.0 Å². The summed E-state index contributed by atoms with van der Waals surface area (Å²) in [6.45, 7) is 8.30. The highest BCUT2D eigenvalue weighted by Gasteiger charge is 2.14. The summed E-state index contributed by atoms with van der Waals surface area (Å²) in [4.78, 5) is 4.77. The van der Waals surface area contributed by atoms with E-state index in [9.17, 15) is 0 Å². The zero-order valence-electron chi connectivity index (χ0n) is 16.8. The van der Waals surface area contributed by atoms with E-state index in [0.717, 1.165) is 19.1 Å². The van der Waals surface area contributed by atoms with Crippen molar-refractivity contribution in [3.8, 4) is 0 Å². The minimum absolute atomic E-state index is 0. The van der Waals surface area contributed by atoms with Crippen LogP contribution in [0.2, 0.25) is 0 Å². The molecule has 0 radical (unpaired) electrons. The lowest BCUT2D eigenvalue weighted by molar-refractivity contribution is 0.0453. The first kappa shape index (κ1) is 24.2. The molecule has 1 saturated carbocycles. The molecule has 0 unspecified atom stereocenters. The van der Waals surface area contributed by atoms with Crippen LogP contribution in [-0.2, 0) is 22.6 Å². The number of ether oxygens (including phenoxy) is 2. The van der Waals surface area contributed by atoms with Crippen molar-refractivity contribution in [3.05, 3.63) is 35.4 Å². The van der Waals surface area contributed by atoms with E-state index in [1.54, 1.807) is 0 Å². The fraction of sp³-hybridized carbons (Fsp3) is 0.667. The molecular weight excluding hydrogens is 453 g/mol. The van der Waals surface area contributed by atoms with Gasteiger partial charge >= 0.3 is 0 Å². The molecule has 1 aliphatic rings. The van der Waals surface area contributed by atoms with Gasteiger partial charge in [-0.25, -0.2) is 4.99 Å². The van der Waals surface area contributed by atoms with Crippen LogP contribution in [0.3, 0.4) is 0 Å². The topological polar surface area (TPSA) is 54.9 Å². The quantitative estimate of drug-likeness (QED) is 0.223. The Morgan fingerprint density at radius 3 is 2.56 bits per heavy atom. The highest BCUT2D eigenvalue weighted by Crippen LogP contribution is 2.17. The Balaban J connectivity index is 0.00000364. The molecule has 0 aliphatic heterocycles. The Morgan fingerprint density at radius 2 is 1.81 bits per heavy atom. The summed E-state index contributed by atoms with van der Waals surface area (Å²) in [5, 5.41) is 6.96. The minimum atomic E-state index is 0. The molecule has 6 heteroatoms. The molecule has 1 aliphatic carbocycles. The number of hydrogen-bond acceptors (Lipinski definition) is 3. The Morgan fingerprint density at radius 1 is 1.07 bits per heavy atom. The van der Waals surface area contributed by atoms with E-state index in [1.165, 1.54) is 43.2 Å². The van der Waals surface area contributed by atoms with Gasteiger partial charge in [0.25, 0.3) is 0 Å². The number of aliphatic imine (C=N–C) groups is 1. The van der Waals surface area contributed by atoms with Gasteiger partial charge in [0.1, 0.15) is 0 Å². The number of guanidine groups is 1. The largest absolute Gasteiger partial charge is 0.379 e. The Hall–Kier alpha value is -0.860. The predicted molar refractivity (Wildman–Crippen MR) is 123 cm³/mol. The van der Waals surface area contributed by atoms with Crippen LogP contribution in [0, 0.1) is 0 Å². The molecular formula is C21H36IN3O2. The van der Waals surface area contributed by atoms with E-state index in [1.807, 2.05) is 6.92 Å². The molecule has 1 aromatic rings. The highest BCUT2D eigenvalue weighted by atomic mass is 127. The van der Waals surface area contributed by atoms with Gasteiger partial charge < -0.3 is 20.1 Å². The number of nitrogens with zero attached hydrogens (tertiary/aromatic N) is 1. The molecule has 0 bridgehead atoms. The van der Waals surface area contributed by atoms with Crippen LogP contribution in [0.15, 0.2) is 29.3 Å². The smallest absolute Gasteiger partial charge is 0.191 e. The van der Waals surface area contributed by atoms with Gasteiger partial charge in [0, 0.05) is 19.2 Å². The number of hydrogen-bond donors (Lipinski definition) is 2. The fourth-order valence-corrected chi connectivity index (χ4v) is 3.20. The second-order valence-corrected chi connectivity index (χ2v) is 6.74. The molecule has 0 spiro atoms. The van der Waals surface area contributed by atoms with Crippen LogP contribution < -0.4 is 10.6 Å². The van der Waals surface area contributed by atoms with Crippen molar-refractivity contribution in [2.24, 2.45) is 4.99 Å². The van der Waals surface area contributed by atoms with Crippen molar-refractivity contribution in [2.45, 2.75) is 65.1 Å². The SMILES string of the molecule is CCNC(=NCc1cccc(COCCOCC)c1)NC1CCCCC1.I. The Labute approximate surface area is 181 Å². The van der Waals surface area contributed by atoms with E-state index in [-0.39, 0.29) is 24.0 Å². The predicted octanol–water partition coefficient (Wildman–Crippen LogP) is 4.25. The summed E-state index contributed by atoms with van der Waals surface area (Å²) < 4.78 is 10.9. The molecule has 0 saturated heterocycles.